The summed E-state index contributed by atoms with van der Waals surface area (Å²) in [5.41, 5.74) is -0.0770. The number of carbonyl (C=O) groups is 1. The fourth-order valence-electron chi connectivity index (χ4n) is 3.44. The molecule has 2 N–H and O–H groups in total. The van der Waals surface area contributed by atoms with Crippen LogP contribution in [0.15, 0.2) is 18.2 Å². The molecule has 24 heavy (non-hydrogen) atoms. The quantitative estimate of drug-likeness (QED) is 0.848. The van der Waals surface area contributed by atoms with E-state index >= 15 is 0 Å². The first kappa shape index (κ1) is 17.5. The summed E-state index contributed by atoms with van der Waals surface area (Å²) in [6.07, 6.45) is -0.864. The number of aliphatic hydroxyl groups excluding tert-OH is 2. The number of hydrogen-bond donors (Lipinski definition) is 2. The van der Waals surface area contributed by atoms with E-state index in [2.05, 4.69) is 0 Å². The summed E-state index contributed by atoms with van der Waals surface area (Å²) >= 11 is 6.12. The Morgan fingerprint density at radius 2 is 2.12 bits per heavy atom. The second-order valence-electron chi connectivity index (χ2n) is 6.86. The van der Waals surface area contributed by atoms with Crippen LogP contribution in [0.3, 0.4) is 0 Å². The molecule has 0 spiro atoms. The molecule has 0 unspecified atom stereocenters. The van der Waals surface area contributed by atoms with Crippen LogP contribution < -0.4 is 4.74 Å². The number of ether oxygens (including phenoxy) is 1. The Balaban J connectivity index is 1.94. The molecule has 0 aromatic heterocycles. The second kappa shape index (κ2) is 6.52. The molecule has 3 rings (SSSR count). The Labute approximate surface area is 146 Å². The lowest BCUT2D eigenvalue weighted by molar-refractivity contribution is -0.150. The molecule has 7 heteroatoms. The van der Waals surface area contributed by atoms with E-state index in [4.69, 9.17) is 21.4 Å². The highest BCUT2D eigenvalue weighted by molar-refractivity contribution is 6.30. The summed E-state index contributed by atoms with van der Waals surface area (Å²) < 4.78 is 5.91. The Kier molecular flexibility index (Phi) is 4.75. The maximum Gasteiger partial charge on any atom is 0.237 e. The van der Waals surface area contributed by atoms with Crippen molar-refractivity contribution in [1.82, 2.24) is 9.80 Å². The normalized spacial score (nSPS) is 26.9. The molecule has 1 aromatic rings. The first-order valence-electron chi connectivity index (χ1n) is 8.12. The van der Waals surface area contributed by atoms with Crippen molar-refractivity contribution in [2.45, 2.75) is 31.6 Å². The van der Waals surface area contributed by atoms with Gasteiger partial charge < -0.3 is 19.8 Å². The van der Waals surface area contributed by atoms with Gasteiger partial charge in [0.2, 0.25) is 5.91 Å². The van der Waals surface area contributed by atoms with Gasteiger partial charge in [-0.05, 0) is 32.0 Å². The van der Waals surface area contributed by atoms with Crippen LogP contribution in [0.5, 0.6) is 5.75 Å². The summed E-state index contributed by atoms with van der Waals surface area (Å²) in [5.74, 6) is 0.577. The highest BCUT2D eigenvalue weighted by atomic mass is 35.5. The van der Waals surface area contributed by atoms with Crippen LogP contribution in [-0.2, 0) is 4.79 Å². The first-order valence-corrected chi connectivity index (χ1v) is 8.50. The van der Waals surface area contributed by atoms with E-state index in [-0.39, 0.29) is 19.1 Å². The standard InChI is InChI=1S/C17H23ClN2O4/c1-17(2)16(23)15(12-9-11(18)3-4-13(12)24-17)20-6-5-19(7-8-21)10-14(20)22/h3-4,9,15-16,21,23H,5-8,10H2,1-2H3/t15-,16+/m1/s1. The fourth-order valence-corrected chi connectivity index (χ4v) is 3.62. The Morgan fingerprint density at radius 1 is 1.38 bits per heavy atom. The number of aliphatic hydroxyl groups is 2. The van der Waals surface area contributed by atoms with Gasteiger partial charge in [-0.3, -0.25) is 9.69 Å². The summed E-state index contributed by atoms with van der Waals surface area (Å²) in [6, 6.07) is 4.79. The lowest BCUT2D eigenvalue weighted by Gasteiger charge is -2.48. The van der Waals surface area contributed by atoms with E-state index < -0.39 is 17.7 Å². The van der Waals surface area contributed by atoms with Crippen LogP contribution in [0, 0.1) is 0 Å². The predicted molar refractivity (Wildman–Crippen MR) is 90.1 cm³/mol. The molecule has 0 radical (unpaired) electrons. The van der Waals surface area contributed by atoms with Gasteiger partial charge in [-0.25, -0.2) is 0 Å². The van der Waals surface area contributed by atoms with Crippen LogP contribution in [0.25, 0.3) is 0 Å². The van der Waals surface area contributed by atoms with Gasteiger partial charge in [0, 0.05) is 30.2 Å². The van der Waals surface area contributed by atoms with Gasteiger partial charge in [0.15, 0.2) is 0 Å². The third kappa shape index (κ3) is 3.11. The molecule has 0 aliphatic carbocycles. The van der Waals surface area contributed by atoms with Crippen molar-refractivity contribution in [1.29, 1.82) is 0 Å². The molecule has 1 fully saturated rings. The summed E-state index contributed by atoms with van der Waals surface area (Å²) in [7, 11) is 0. The minimum atomic E-state index is -0.864. The van der Waals surface area contributed by atoms with Gasteiger partial charge in [-0.2, -0.15) is 0 Å². The predicted octanol–water partition coefficient (Wildman–Crippen LogP) is 1.05. The van der Waals surface area contributed by atoms with E-state index in [1.807, 2.05) is 18.7 Å². The van der Waals surface area contributed by atoms with Crippen molar-refractivity contribution in [2.24, 2.45) is 0 Å². The monoisotopic (exact) mass is 354 g/mol. The Bertz CT molecular complexity index is 637. The van der Waals surface area contributed by atoms with E-state index in [1.165, 1.54) is 0 Å². The molecule has 1 saturated heterocycles. The molecule has 2 aliphatic rings. The number of amides is 1. The van der Waals surface area contributed by atoms with Crippen LogP contribution >= 0.6 is 11.6 Å². The Hall–Kier alpha value is -1.34. The number of carbonyl (C=O) groups excluding carboxylic acids is 1. The topological polar surface area (TPSA) is 73.2 Å². The molecule has 2 atom stereocenters. The van der Waals surface area contributed by atoms with E-state index in [9.17, 15) is 9.90 Å². The van der Waals surface area contributed by atoms with Crippen LogP contribution in [0.1, 0.15) is 25.5 Å². The fraction of sp³-hybridized carbons (Fsp3) is 0.588. The maximum atomic E-state index is 12.6. The largest absolute Gasteiger partial charge is 0.485 e. The zero-order chi connectivity index (χ0) is 17.5. The zero-order valence-corrected chi connectivity index (χ0v) is 14.7. The second-order valence-corrected chi connectivity index (χ2v) is 7.30. The van der Waals surface area contributed by atoms with Crippen molar-refractivity contribution in [3.05, 3.63) is 28.8 Å². The number of nitrogens with zero attached hydrogens (tertiary/aromatic N) is 2. The highest BCUT2D eigenvalue weighted by Crippen LogP contribution is 2.44. The molecular formula is C17H23ClN2O4. The van der Waals surface area contributed by atoms with Crippen molar-refractivity contribution < 1.29 is 19.7 Å². The molecule has 2 aliphatic heterocycles. The summed E-state index contributed by atoms with van der Waals surface area (Å²) in [5, 5.41) is 20.5. The number of rotatable bonds is 3. The lowest BCUT2D eigenvalue weighted by Crippen LogP contribution is -2.59. The minimum Gasteiger partial charge on any atom is -0.485 e. The summed E-state index contributed by atoms with van der Waals surface area (Å²) in [4.78, 5) is 16.3. The first-order chi connectivity index (χ1) is 11.3. The number of halogens is 1. The van der Waals surface area contributed by atoms with Crippen molar-refractivity contribution in [3.8, 4) is 5.75 Å². The highest BCUT2D eigenvalue weighted by Gasteiger charge is 2.47. The van der Waals surface area contributed by atoms with Crippen LogP contribution in [0.4, 0.5) is 0 Å². The molecule has 1 amide bonds. The number of piperazine rings is 1. The van der Waals surface area contributed by atoms with Crippen LogP contribution in [0.2, 0.25) is 5.02 Å². The molecule has 132 valence electrons. The average Bonchev–Trinajstić information content (AvgIpc) is 2.51. The average molecular weight is 355 g/mol. The van der Waals surface area contributed by atoms with Gasteiger partial charge >= 0.3 is 0 Å². The van der Waals surface area contributed by atoms with Gasteiger partial charge in [0.25, 0.3) is 0 Å². The lowest BCUT2D eigenvalue weighted by atomic mass is 9.85. The molecule has 0 bridgehead atoms. The Morgan fingerprint density at radius 3 is 2.79 bits per heavy atom. The molecule has 6 nitrogen and oxygen atoms in total. The smallest absolute Gasteiger partial charge is 0.237 e. The summed E-state index contributed by atoms with van der Waals surface area (Å²) in [6.45, 7) is 5.52. The molecule has 0 saturated carbocycles. The number of hydrogen-bond acceptors (Lipinski definition) is 5. The van der Waals surface area contributed by atoms with Gasteiger partial charge in [0.05, 0.1) is 19.2 Å². The third-order valence-electron chi connectivity index (χ3n) is 4.76. The van der Waals surface area contributed by atoms with Crippen molar-refractivity contribution in [3.63, 3.8) is 0 Å². The van der Waals surface area contributed by atoms with Gasteiger partial charge in [-0.1, -0.05) is 11.6 Å². The number of benzene rings is 1. The third-order valence-corrected chi connectivity index (χ3v) is 5.00. The van der Waals surface area contributed by atoms with E-state index in [0.29, 0.717) is 30.4 Å². The number of fused-ring (bicyclic) bond motifs is 1. The maximum absolute atomic E-state index is 12.6. The van der Waals surface area contributed by atoms with Crippen LogP contribution in [-0.4, -0.2) is 70.4 Å². The van der Waals surface area contributed by atoms with E-state index in [0.717, 1.165) is 5.56 Å². The van der Waals surface area contributed by atoms with Gasteiger partial charge in [0.1, 0.15) is 17.5 Å². The van der Waals surface area contributed by atoms with Crippen molar-refractivity contribution >= 4 is 17.5 Å². The number of β-amino-alcohol motifs (C(OH)–C–C–N with tert-alkyl or cyclic N) is 1. The van der Waals surface area contributed by atoms with Gasteiger partial charge in [-0.15, -0.1) is 0 Å². The zero-order valence-electron chi connectivity index (χ0n) is 13.9. The van der Waals surface area contributed by atoms with E-state index in [1.54, 1.807) is 23.1 Å². The molecule has 2 heterocycles. The molecule has 1 aromatic carbocycles. The SMILES string of the molecule is CC1(C)Oc2ccc(Cl)cc2[C@@H](N2CCN(CCO)CC2=O)[C@@H]1O. The molecular weight excluding hydrogens is 332 g/mol. The minimum absolute atomic E-state index is 0.0264. The van der Waals surface area contributed by atoms with Crippen molar-refractivity contribution in [2.75, 3.05) is 32.8 Å².